The Morgan fingerprint density at radius 1 is 1.22 bits per heavy atom. The number of aromatic nitrogens is 2. The van der Waals surface area contributed by atoms with Crippen LogP contribution in [0.15, 0.2) is 30.3 Å². The van der Waals surface area contributed by atoms with Crippen LogP contribution in [0.2, 0.25) is 0 Å². The van der Waals surface area contributed by atoms with Gasteiger partial charge in [-0.2, -0.15) is 0 Å². The monoisotopic (exact) mass is 316 g/mol. The molecule has 0 atom stereocenters. The summed E-state index contributed by atoms with van der Waals surface area (Å²) < 4.78 is 12.9. The van der Waals surface area contributed by atoms with Crippen LogP contribution >= 0.6 is 0 Å². The highest BCUT2D eigenvalue weighted by Crippen LogP contribution is 2.08. The number of halogens is 1. The van der Waals surface area contributed by atoms with E-state index in [1.54, 1.807) is 18.2 Å². The van der Waals surface area contributed by atoms with Crippen molar-refractivity contribution in [1.82, 2.24) is 15.3 Å². The van der Waals surface area contributed by atoms with Gasteiger partial charge in [0.1, 0.15) is 11.5 Å². The zero-order chi connectivity index (χ0) is 16.7. The standard InChI is InChI=1S/C17H21FN4O/c1-3-4-9-19-16(23)15-10-12(2)21-17(22-15)20-11-13-5-7-14(18)8-6-13/h5-8,10H,3-4,9,11H2,1-2H3,(H,19,23)(H,20,21,22). The molecule has 1 amide bonds. The molecule has 6 heteroatoms. The maximum Gasteiger partial charge on any atom is 0.270 e. The average molecular weight is 316 g/mol. The van der Waals surface area contributed by atoms with Gasteiger partial charge in [-0.1, -0.05) is 25.5 Å². The van der Waals surface area contributed by atoms with E-state index in [1.807, 2.05) is 6.92 Å². The van der Waals surface area contributed by atoms with E-state index in [-0.39, 0.29) is 11.7 Å². The number of nitrogens with zero attached hydrogens (tertiary/aromatic N) is 2. The molecule has 122 valence electrons. The second-order valence-corrected chi connectivity index (χ2v) is 5.31. The van der Waals surface area contributed by atoms with Crippen molar-refractivity contribution in [2.45, 2.75) is 33.2 Å². The SMILES string of the molecule is CCCCNC(=O)c1cc(C)nc(NCc2ccc(F)cc2)n1. The van der Waals surface area contributed by atoms with Crippen LogP contribution in [0, 0.1) is 12.7 Å². The quantitative estimate of drug-likeness (QED) is 0.770. The van der Waals surface area contributed by atoms with Crippen molar-refractivity contribution >= 4 is 11.9 Å². The molecule has 2 N–H and O–H groups in total. The van der Waals surface area contributed by atoms with Gasteiger partial charge < -0.3 is 10.6 Å². The number of rotatable bonds is 7. The zero-order valence-corrected chi connectivity index (χ0v) is 13.4. The second kappa shape index (κ2) is 8.22. The molecule has 1 aromatic carbocycles. The summed E-state index contributed by atoms with van der Waals surface area (Å²) in [5, 5.41) is 5.89. The van der Waals surface area contributed by atoms with E-state index in [0.29, 0.717) is 30.4 Å². The fraction of sp³-hybridized carbons (Fsp3) is 0.353. The minimum absolute atomic E-state index is 0.200. The molecule has 2 rings (SSSR count). The summed E-state index contributed by atoms with van der Waals surface area (Å²) in [4.78, 5) is 20.6. The highest BCUT2D eigenvalue weighted by Gasteiger charge is 2.10. The fourth-order valence-electron chi connectivity index (χ4n) is 2.02. The molecule has 0 aliphatic rings. The van der Waals surface area contributed by atoms with Gasteiger partial charge in [0.25, 0.3) is 5.91 Å². The van der Waals surface area contributed by atoms with Gasteiger partial charge in [0.15, 0.2) is 0 Å². The zero-order valence-electron chi connectivity index (χ0n) is 13.4. The van der Waals surface area contributed by atoms with Crippen LogP contribution in [0.4, 0.5) is 10.3 Å². The number of hydrogen-bond donors (Lipinski definition) is 2. The van der Waals surface area contributed by atoms with Crippen molar-refractivity contribution in [3.8, 4) is 0 Å². The van der Waals surface area contributed by atoms with Crippen molar-refractivity contribution < 1.29 is 9.18 Å². The Kier molecular flexibility index (Phi) is 6.02. The van der Waals surface area contributed by atoms with E-state index < -0.39 is 0 Å². The number of benzene rings is 1. The van der Waals surface area contributed by atoms with Crippen molar-refractivity contribution in [2.75, 3.05) is 11.9 Å². The van der Waals surface area contributed by atoms with E-state index in [0.717, 1.165) is 18.4 Å². The Balaban J connectivity index is 2.01. The van der Waals surface area contributed by atoms with Crippen LogP contribution in [0.1, 0.15) is 41.5 Å². The van der Waals surface area contributed by atoms with Crippen LogP contribution in [-0.2, 0) is 6.54 Å². The summed E-state index contributed by atoms with van der Waals surface area (Å²) in [6.45, 7) is 4.98. The molecule has 0 saturated carbocycles. The maximum atomic E-state index is 12.9. The van der Waals surface area contributed by atoms with E-state index in [9.17, 15) is 9.18 Å². The van der Waals surface area contributed by atoms with E-state index in [1.165, 1.54) is 12.1 Å². The lowest BCUT2D eigenvalue weighted by atomic mass is 10.2. The molecule has 0 aliphatic heterocycles. The largest absolute Gasteiger partial charge is 0.351 e. The Morgan fingerprint density at radius 3 is 2.65 bits per heavy atom. The first-order valence-corrected chi connectivity index (χ1v) is 7.70. The second-order valence-electron chi connectivity index (χ2n) is 5.31. The summed E-state index contributed by atoms with van der Waals surface area (Å²) in [7, 11) is 0. The third-order valence-corrected chi connectivity index (χ3v) is 3.27. The minimum Gasteiger partial charge on any atom is -0.351 e. The molecule has 23 heavy (non-hydrogen) atoms. The normalized spacial score (nSPS) is 10.4. The fourth-order valence-corrected chi connectivity index (χ4v) is 2.02. The average Bonchev–Trinajstić information content (AvgIpc) is 2.54. The van der Waals surface area contributed by atoms with E-state index in [2.05, 4.69) is 27.5 Å². The number of anilines is 1. The summed E-state index contributed by atoms with van der Waals surface area (Å²) in [6.07, 6.45) is 1.96. The lowest BCUT2D eigenvalue weighted by Crippen LogP contribution is -2.26. The molecular formula is C17H21FN4O. The van der Waals surface area contributed by atoms with Gasteiger partial charge >= 0.3 is 0 Å². The van der Waals surface area contributed by atoms with Crippen LogP contribution in [-0.4, -0.2) is 22.4 Å². The number of carbonyl (C=O) groups excluding carboxylic acids is 1. The van der Waals surface area contributed by atoms with Gasteiger partial charge in [0.05, 0.1) is 0 Å². The Hall–Kier alpha value is -2.50. The predicted octanol–water partition coefficient (Wildman–Crippen LogP) is 3.07. The smallest absolute Gasteiger partial charge is 0.270 e. The molecule has 1 heterocycles. The molecule has 0 saturated heterocycles. The van der Waals surface area contributed by atoms with Crippen LogP contribution in [0.3, 0.4) is 0 Å². The van der Waals surface area contributed by atoms with Crippen molar-refractivity contribution in [1.29, 1.82) is 0 Å². The highest BCUT2D eigenvalue weighted by atomic mass is 19.1. The van der Waals surface area contributed by atoms with Gasteiger partial charge in [-0.25, -0.2) is 14.4 Å². The molecule has 0 aliphatic carbocycles. The van der Waals surface area contributed by atoms with Gasteiger partial charge in [-0.3, -0.25) is 4.79 Å². The maximum absolute atomic E-state index is 12.9. The molecule has 0 radical (unpaired) electrons. The minimum atomic E-state index is -0.272. The Morgan fingerprint density at radius 2 is 1.96 bits per heavy atom. The van der Waals surface area contributed by atoms with Gasteiger partial charge in [0.2, 0.25) is 5.95 Å². The highest BCUT2D eigenvalue weighted by molar-refractivity contribution is 5.92. The number of nitrogens with one attached hydrogen (secondary N) is 2. The van der Waals surface area contributed by atoms with Crippen molar-refractivity contribution in [2.24, 2.45) is 0 Å². The first-order valence-electron chi connectivity index (χ1n) is 7.70. The predicted molar refractivity (Wildman–Crippen MR) is 87.7 cm³/mol. The summed E-state index contributed by atoms with van der Waals surface area (Å²) >= 11 is 0. The Labute approximate surface area is 135 Å². The molecule has 5 nitrogen and oxygen atoms in total. The molecular weight excluding hydrogens is 295 g/mol. The molecule has 2 aromatic rings. The summed E-state index contributed by atoms with van der Waals surface area (Å²) in [6, 6.07) is 7.85. The summed E-state index contributed by atoms with van der Waals surface area (Å²) in [5.74, 6) is -0.0876. The third kappa shape index (κ3) is 5.32. The topological polar surface area (TPSA) is 66.9 Å². The van der Waals surface area contributed by atoms with Crippen molar-refractivity contribution in [3.05, 3.63) is 53.1 Å². The lowest BCUT2D eigenvalue weighted by molar-refractivity contribution is 0.0948. The van der Waals surface area contributed by atoms with Crippen LogP contribution in [0.25, 0.3) is 0 Å². The van der Waals surface area contributed by atoms with Gasteiger partial charge in [-0.05, 0) is 37.1 Å². The number of aryl methyl sites for hydroxylation is 1. The number of carbonyl (C=O) groups is 1. The molecule has 0 spiro atoms. The van der Waals surface area contributed by atoms with E-state index in [4.69, 9.17) is 0 Å². The molecule has 0 bridgehead atoms. The first kappa shape index (κ1) is 16.9. The third-order valence-electron chi connectivity index (χ3n) is 3.27. The number of unbranched alkanes of at least 4 members (excludes halogenated alkanes) is 1. The molecule has 1 aromatic heterocycles. The van der Waals surface area contributed by atoms with Crippen LogP contribution < -0.4 is 10.6 Å². The summed E-state index contributed by atoms with van der Waals surface area (Å²) in [5.41, 5.74) is 1.96. The van der Waals surface area contributed by atoms with Crippen molar-refractivity contribution in [3.63, 3.8) is 0 Å². The molecule has 0 fully saturated rings. The number of amides is 1. The van der Waals surface area contributed by atoms with Gasteiger partial charge in [0, 0.05) is 18.8 Å². The lowest BCUT2D eigenvalue weighted by Gasteiger charge is -2.09. The van der Waals surface area contributed by atoms with Crippen LogP contribution in [0.5, 0.6) is 0 Å². The Bertz CT molecular complexity index is 658. The number of hydrogen-bond acceptors (Lipinski definition) is 4. The van der Waals surface area contributed by atoms with E-state index >= 15 is 0 Å². The molecule has 0 unspecified atom stereocenters. The first-order chi connectivity index (χ1) is 11.1. The van der Waals surface area contributed by atoms with Gasteiger partial charge in [-0.15, -0.1) is 0 Å².